The molecule has 0 atom stereocenters. The van der Waals surface area contributed by atoms with Gasteiger partial charge in [0.1, 0.15) is 5.82 Å². The number of hydrogen-bond donors (Lipinski definition) is 1. The lowest BCUT2D eigenvalue weighted by molar-refractivity contribution is -0.146. The lowest BCUT2D eigenvalue weighted by Gasteiger charge is -2.11. The number of nitrogens with zero attached hydrogens (tertiary/aromatic N) is 1. The number of nitrogens with one attached hydrogen (secondary N) is 1. The van der Waals surface area contributed by atoms with Crippen molar-refractivity contribution in [2.24, 2.45) is 0 Å². The van der Waals surface area contributed by atoms with E-state index in [1.54, 1.807) is 38.4 Å². The van der Waals surface area contributed by atoms with Crippen LogP contribution >= 0.6 is 11.6 Å². The van der Waals surface area contributed by atoms with E-state index in [0.29, 0.717) is 11.3 Å². The molecule has 0 saturated heterocycles. The molecule has 8 heteroatoms. The van der Waals surface area contributed by atoms with Crippen LogP contribution in [0.25, 0.3) is 0 Å². The van der Waals surface area contributed by atoms with Gasteiger partial charge in [-0.2, -0.15) is 0 Å². The number of rotatable bonds is 6. The Morgan fingerprint density at radius 2 is 1.78 bits per heavy atom. The Morgan fingerprint density at radius 1 is 1.11 bits per heavy atom. The van der Waals surface area contributed by atoms with E-state index in [9.17, 15) is 18.8 Å². The molecule has 0 aliphatic heterocycles. The van der Waals surface area contributed by atoms with Gasteiger partial charge < -0.3 is 15.0 Å². The molecule has 0 spiro atoms. The van der Waals surface area contributed by atoms with Crippen molar-refractivity contribution in [1.82, 2.24) is 4.90 Å². The molecule has 2 amide bonds. The summed E-state index contributed by atoms with van der Waals surface area (Å²) < 4.78 is 18.5. The smallest absolute Gasteiger partial charge is 0.310 e. The molecule has 27 heavy (non-hydrogen) atoms. The van der Waals surface area contributed by atoms with Crippen LogP contribution < -0.4 is 5.32 Å². The largest absolute Gasteiger partial charge is 0.455 e. The topological polar surface area (TPSA) is 75.7 Å². The Labute approximate surface area is 160 Å². The van der Waals surface area contributed by atoms with Gasteiger partial charge >= 0.3 is 5.97 Å². The number of hydrogen-bond acceptors (Lipinski definition) is 4. The highest BCUT2D eigenvalue weighted by Crippen LogP contribution is 2.19. The predicted octanol–water partition coefficient (Wildman–Crippen LogP) is 2.91. The summed E-state index contributed by atoms with van der Waals surface area (Å²) in [6.45, 7) is -0.525. The molecule has 0 aromatic heterocycles. The molecule has 0 fully saturated rings. The molecule has 0 radical (unpaired) electrons. The van der Waals surface area contributed by atoms with Crippen LogP contribution in [0.15, 0.2) is 42.5 Å². The van der Waals surface area contributed by atoms with Crippen LogP contribution in [0.5, 0.6) is 0 Å². The normalized spacial score (nSPS) is 10.2. The van der Waals surface area contributed by atoms with Gasteiger partial charge in [-0.15, -0.1) is 0 Å². The first-order chi connectivity index (χ1) is 12.8. The number of amides is 2. The second-order valence-corrected chi connectivity index (χ2v) is 6.27. The minimum Gasteiger partial charge on any atom is -0.455 e. The number of carbonyl (C=O) groups excluding carboxylic acids is 3. The van der Waals surface area contributed by atoms with E-state index in [2.05, 4.69) is 5.32 Å². The molecule has 6 nitrogen and oxygen atoms in total. The second kappa shape index (κ2) is 9.14. The summed E-state index contributed by atoms with van der Waals surface area (Å²) in [5, 5.41) is 2.65. The maximum atomic E-state index is 13.6. The maximum absolute atomic E-state index is 13.6. The van der Waals surface area contributed by atoms with Gasteiger partial charge in [0, 0.05) is 35.9 Å². The fraction of sp³-hybridized carbons (Fsp3) is 0.211. The Balaban J connectivity index is 1.85. The van der Waals surface area contributed by atoms with Gasteiger partial charge in [0.15, 0.2) is 6.61 Å². The fourth-order valence-corrected chi connectivity index (χ4v) is 2.42. The summed E-state index contributed by atoms with van der Waals surface area (Å²) in [6, 6.07) is 10.4. The van der Waals surface area contributed by atoms with E-state index in [0.717, 1.165) is 0 Å². The lowest BCUT2D eigenvalue weighted by atomic mass is 10.1. The average Bonchev–Trinajstić information content (AvgIpc) is 2.63. The summed E-state index contributed by atoms with van der Waals surface area (Å²) in [4.78, 5) is 36.9. The van der Waals surface area contributed by atoms with Crippen LogP contribution in [0.2, 0.25) is 5.02 Å². The van der Waals surface area contributed by atoms with E-state index < -0.39 is 24.3 Å². The molecule has 2 rings (SSSR count). The number of carbonyl (C=O) groups is 3. The predicted molar refractivity (Wildman–Crippen MR) is 99.2 cm³/mol. The van der Waals surface area contributed by atoms with Crippen LogP contribution in [0.3, 0.4) is 0 Å². The van der Waals surface area contributed by atoms with Crippen molar-refractivity contribution in [1.29, 1.82) is 0 Å². The highest BCUT2D eigenvalue weighted by atomic mass is 35.5. The van der Waals surface area contributed by atoms with Crippen molar-refractivity contribution in [3.63, 3.8) is 0 Å². The number of anilines is 1. The van der Waals surface area contributed by atoms with Crippen molar-refractivity contribution >= 4 is 35.1 Å². The SMILES string of the molecule is CN(C)C(=O)c1ccc(NC(=O)COC(=O)Cc2c(F)cccc2Cl)cc1. The third-order valence-electron chi connectivity index (χ3n) is 3.57. The molecular formula is C19H18ClFN2O4. The Bertz CT molecular complexity index is 833. The van der Waals surface area contributed by atoms with Crippen molar-refractivity contribution < 1.29 is 23.5 Å². The first-order valence-corrected chi connectivity index (χ1v) is 8.36. The zero-order chi connectivity index (χ0) is 20.0. The second-order valence-electron chi connectivity index (χ2n) is 5.86. The van der Waals surface area contributed by atoms with Crippen LogP contribution in [-0.2, 0) is 20.7 Å². The minimum absolute atomic E-state index is 0.0192. The van der Waals surface area contributed by atoms with Gasteiger partial charge in [0.25, 0.3) is 11.8 Å². The summed E-state index contributed by atoms with van der Waals surface area (Å²) >= 11 is 5.84. The van der Waals surface area contributed by atoms with Crippen LogP contribution in [0, 0.1) is 5.82 Å². The van der Waals surface area contributed by atoms with Gasteiger partial charge in [0.05, 0.1) is 6.42 Å². The Kier molecular flexibility index (Phi) is 6.90. The Hall–Kier alpha value is -2.93. The van der Waals surface area contributed by atoms with E-state index in [4.69, 9.17) is 16.3 Å². The molecule has 0 aliphatic rings. The fourth-order valence-electron chi connectivity index (χ4n) is 2.19. The first-order valence-electron chi connectivity index (χ1n) is 7.98. The van der Waals surface area contributed by atoms with Crippen molar-refractivity contribution in [3.05, 3.63) is 64.4 Å². The summed E-state index contributed by atoms with van der Waals surface area (Å²) in [7, 11) is 3.28. The number of benzene rings is 2. The van der Waals surface area contributed by atoms with Gasteiger partial charge in [-0.05, 0) is 36.4 Å². The molecule has 142 valence electrons. The molecule has 0 bridgehead atoms. The zero-order valence-corrected chi connectivity index (χ0v) is 15.5. The van der Waals surface area contributed by atoms with Gasteiger partial charge in [-0.3, -0.25) is 14.4 Å². The van der Waals surface area contributed by atoms with E-state index in [-0.39, 0.29) is 22.9 Å². The van der Waals surface area contributed by atoms with Crippen LogP contribution in [0.4, 0.5) is 10.1 Å². The van der Waals surface area contributed by atoms with Crippen LogP contribution in [0.1, 0.15) is 15.9 Å². The maximum Gasteiger partial charge on any atom is 0.310 e. The number of halogens is 2. The molecule has 0 aliphatic carbocycles. The quantitative estimate of drug-likeness (QED) is 0.767. The summed E-state index contributed by atoms with van der Waals surface area (Å²) in [5.74, 6) is -2.11. The molecule has 0 saturated carbocycles. The molecule has 0 unspecified atom stereocenters. The lowest BCUT2D eigenvalue weighted by Crippen LogP contribution is -2.23. The molecular weight excluding hydrogens is 375 g/mol. The standard InChI is InChI=1S/C19H18ClFN2O4/c1-23(2)19(26)12-6-8-13(9-7-12)22-17(24)11-27-18(25)10-14-15(20)4-3-5-16(14)21/h3-9H,10-11H2,1-2H3,(H,22,24). The summed E-state index contributed by atoms with van der Waals surface area (Å²) in [6.07, 6.45) is -0.375. The molecule has 1 N–H and O–H groups in total. The zero-order valence-electron chi connectivity index (χ0n) is 14.8. The highest BCUT2D eigenvalue weighted by Gasteiger charge is 2.14. The van der Waals surface area contributed by atoms with E-state index in [1.807, 2.05) is 0 Å². The van der Waals surface area contributed by atoms with E-state index in [1.165, 1.54) is 23.1 Å². The third-order valence-corrected chi connectivity index (χ3v) is 3.92. The van der Waals surface area contributed by atoms with Gasteiger partial charge in [-0.1, -0.05) is 17.7 Å². The van der Waals surface area contributed by atoms with Gasteiger partial charge in [-0.25, -0.2) is 4.39 Å². The van der Waals surface area contributed by atoms with Gasteiger partial charge in [0.2, 0.25) is 0 Å². The minimum atomic E-state index is -0.774. The van der Waals surface area contributed by atoms with E-state index >= 15 is 0 Å². The van der Waals surface area contributed by atoms with Crippen LogP contribution in [-0.4, -0.2) is 43.4 Å². The average molecular weight is 393 g/mol. The number of ether oxygens (including phenoxy) is 1. The highest BCUT2D eigenvalue weighted by molar-refractivity contribution is 6.31. The van der Waals surface area contributed by atoms with Crippen molar-refractivity contribution in [3.8, 4) is 0 Å². The first kappa shape index (κ1) is 20.4. The number of esters is 1. The molecule has 2 aromatic carbocycles. The van der Waals surface area contributed by atoms with Crippen molar-refractivity contribution in [2.75, 3.05) is 26.0 Å². The monoisotopic (exact) mass is 392 g/mol. The third kappa shape index (κ3) is 5.79. The van der Waals surface area contributed by atoms with Crippen molar-refractivity contribution in [2.45, 2.75) is 6.42 Å². The molecule has 2 aromatic rings. The summed E-state index contributed by atoms with van der Waals surface area (Å²) in [5.41, 5.74) is 0.945. The molecule has 0 heterocycles. The Morgan fingerprint density at radius 3 is 2.37 bits per heavy atom.